The molecule has 0 atom stereocenters. The molecular weight excluding hydrogens is 368 g/mol. The molecule has 0 saturated carbocycles. The molecular formula is C21H28N6O2. The lowest BCUT2D eigenvalue weighted by Gasteiger charge is -2.39. The zero-order chi connectivity index (χ0) is 20.8. The molecule has 1 saturated heterocycles. The number of nitrogens with two attached hydrogens (primary N) is 1. The van der Waals surface area contributed by atoms with Gasteiger partial charge in [0.1, 0.15) is 0 Å². The number of aromatic nitrogens is 2. The second kappa shape index (κ2) is 9.47. The quantitative estimate of drug-likeness (QED) is 0.567. The van der Waals surface area contributed by atoms with E-state index in [1.54, 1.807) is 0 Å². The molecule has 1 aliphatic heterocycles. The van der Waals surface area contributed by atoms with E-state index in [4.69, 9.17) is 5.73 Å². The fraction of sp³-hybridized carbons (Fsp3) is 0.429. The minimum atomic E-state index is -0.499. The van der Waals surface area contributed by atoms with Crippen LogP contribution in [0.3, 0.4) is 0 Å². The Labute approximate surface area is 171 Å². The highest BCUT2D eigenvalue weighted by molar-refractivity contribution is 5.20. The maximum atomic E-state index is 10.7. The van der Waals surface area contributed by atoms with Crippen LogP contribution in [0.2, 0.25) is 0 Å². The molecule has 2 aromatic rings. The average Bonchev–Trinajstić information content (AvgIpc) is 2.70. The number of piperidine rings is 1. The summed E-state index contributed by atoms with van der Waals surface area (Å²) in [5.41, 5.74) is 10.3. The fourth-order valence-electron chi connectivity index (χ4n) is 3.75. The standard InChI is InChI=1S/C21H28N6O2/c1-16-5-3-9-23-19(16)13-26(14-20-17(2)6-4-10-24-20)18-7-11-25(12-8-18)21(22)15-27(28)29/h3-6,9-10,15,18H,7-8,11-14,22H2,1-2H3. The zero-order valence-electron chi connectivity index (χ0n) is 17.0. The summed E-state index contributed by atoms with van der Waals surface area (Å²) >= 11 is 0. The van der Waals surface area contributed by atoms with Gasteiger partial charge in [-0.05, 0) is 49.9 Å². The molecule has 0 aromatic carbocycles. The lowest BCUT2D eigenvalue weighted by Crippen LogP contribution is -2.45. The van der Waals surface area contributed by atoms with Gasteiger partial charge in [-0.2, -0.15) is 0 Å². The fourth-order valence-corrected chi connectivity index (χ4v) is 3.75. The third kappa shape index (κ3) is 5.51. The monoisotopic (exact) mass is 396 g/mol. The van der Waals surface area contributed by atoms with Gasteiger partial charge in [0.25, 0.3) is 6.20 Å². The average molecular weight is 396 g/mol. The molecule has 0 unspecified atom stereocenters. The summed E-state index contributed by atoms with van der Waals surface area (Å²) in [7, 11) is 0. The molecule has 1 fully saturated rings. The molecule has 0 spiro atoms. The first-order chi connectivity index (χ1) is 13.9. The molecule has 29 heavy (non-hydrogen) atoms. The van der Waals surface area contributed by atoms with Crippen LogP contribution in [-0.2, 0) is 13.1 Å². The van der Waals surface area contributed by atoms with E-state index in [0.29, 0.717) is 19.1 Å². The van der Waals surface area contributed by atoms with E-state index in [0.717, 1.165) is 43.5 Å². The van der Waals surface area contributed by atoms with Gasteiger partial charge in [0.05, 0.1) is 16.3 Å². The van der Waals surface area contributed by atoms with Crippen molar-refractivity contribution in [2.24, 2.45) is 5.73 Å². The Morgan fingerprint density at radius 3 is 2.14 bits per heavy atom. The largest absolute Gasteiger partial charge is 0.380 e. The summed E-state index contributed by atoms with van der Waals surface area (Å²) < 4.78 is 0. The van der Waals surface area contributed by atoms with Crippen LogP contribution in [0.4, 0.5) is 0 Å². The van der Waals surface area contributed by atoms with Gasteiger partial charge in [-0.3, -0.25) is 25.0 Å². The van der Waals surface area contributed by atoms with Crippen molar-refractivity contribution >= 4 is 0 Å². The van der Waals surface area contributed by atoms with Gasteiger partial charge < -0.3 is 10.6 Å². The maximum absolute atomic E-state index is 10.7. The number of hydrogen-bond acceptors (Lipinski definition) is 7. The molecule has 0 bridgehead atoms. The van der Waals surface area contributed by atoms with Crippen molar-refractivity contribution in [2.45, 2.75) is 45.8 Å². The van der Waals surface area contributed by atoms with E-state index in [1.807, 2.05) is 29.4 Å². The molecule has 8 heteroatoms. The van der Waals surface area contributed by atoms with Crippen LogP contribution in [0.1, 0.15) is 35.4 Å². The van der Waals surface area contributed by atoms with Crippen LogP contribution in [-0.4, -0.2) is 43.8 Å². The first-order valence-corrected chi connectivity index (χ1v) is 9.85. The van der Waals surface area contributed by atoms with E-state index in [-0.39, 0.29) is 5.82 Å². The normalized spacial score (nSPS) is 15.7. The van der Waals surface area contributed by atoms with Crippen molar-refractivity contribution in [2.75, 3.05) is 13.1 Å². The summed E-state index contributed by atoms with van der Waals surface area (Å²) in [4.78, 5) is 23.7. The van der Waals surface area contributed by atoms with Crippen molar-refractivity contribution in [3.05, 3.63) is 81.3 Å². The minimum absolute atomic E-state index is 0.223. The molecule has 0 amide bonds. The molecule has 3 rings (SSSR count). The SMILES string of the molecule is Cc1cccnc1CN(Cc1ncccc1C)C1CCN(C(N)=C[N+](=O)[O-])CC1. The van der Waals surface area contributed by atoms with E-state index in [1.165, 1.54) is 11.1 Å². The number of nitrogens with zero attached hydrogens (tertiary/aromatic N) is 5. The van der Waals surface area contributed by atoms with Crippen LogP contribution >= 0.6 is 0 Å². The Kier molecular flexibility index (Phi) is 6.77. The molecule has 8 nitrogen and oxygen atoms in total. The molecule has 154 valence electrons. The van der Waals surface area contributed by atoms with Crippen LogP contribution in [0.25, 0.3) is 0 Å². The summed E-state index contributed by atoms with van der Waals surface area (Å²) in [6.45, 7) is 7.04. The first-order valence-electron chi connectivity index (χ1n) is 9.85. The van der Waals surface area contributed by atoms with Gasteiger partial charge in [0.2, 0.25) is 0 Å². The van der Waals surface area contributed by atoms with E-state index in [9.17, 15) is 10.1 Å². The number of likely N-dealkylation sites (tertiary alicyclic amines) is 1. The van der Waals surface area contributed by atoms with Crippen molar-refractivity contribution in [3.63, 3.8) is 0 Å². The molecule has 0 radical (unpaired) electrons. The van der Waals surface area contributed by atoms with Gasteiger partial charge in [0.15, 0.2) is 5.82 Å². The maximum Gasteiger partial charge on any atom is 0.274 e. The van der Waals surface area contributed by atoms with Gasteiger partial charge >= 0.3 is 0 Å². The molecule has 0 aliphatic carbocycles. The second-order valence-corrected chi connectivity index (χ2v) is 7.50. The highest BCUT2D eigenvalue weighted by atomic mass is 16.6. The Morgan fingerprint density at radius 1 is 1.17 bits per heavy atom. The van der Waals surface area contributed by atoms with Gasteiger partial charge in [0, 0.05) is 44.6 Å². The molecule has 1 aliphatic rings. The summed E-state index contributed by atoms with van der Waals surface area (Å²) in [5.74, 6) is 0.223. The highest BCUT2D eigenvalue weighted by Gasteiger charge is 2.27. The summed E-state index contributed by atoms with van der Waals surface area (Å²) in [6, 6.07) is 8.40. The number of pyridine rings is 2. The van der Waals surface area contributed by atoms with Crippen LogP contribution in [0, 0.1) is 24.0 Å². The Balaban J connectivity index is 1.76. The smallest absolute Gasteiger partial charge is 0.274 e. The van der Waals surface area contributed by atoms with Gasteiger partial charge in [-0.25, -0.2) is 0 Å². The molecule has 2 aromatic heterocycles. The van der Waals surface area contributed by atoms with Crippen molar-refractivity contribution in [1.82, 2.24) is 19.8 Å². The van der Waals surface area contributed by atoms with E-state index >= 15 is 0 Å². The Morgan fingerprint density at radius 2 is 1.69 bits per heavy atom. The number of rotatable bonds is 7. The lowest BCUT2D eigenvalue weighted by molar-refractivity contribution is -0.404. The zero-order valence-corrected chi connectivity index (χ0v) is 17.0. The second-order valence-electron chi connectivity index (χ2n) is 7.50. The third-order valence-corrected chi connectivity index (χ3v) is 5.53. The third-order valence-electron chi connectivity index (χ3n) is 5.53. The van der Waals surface area contributed by atoms with E-state index < -0.39 is 4.92 Å². The molecule has 2 N–H and O–H groups in total. The number of hydrogen-bond donors (Lipinski definition) is 1. The number of nitro groups is 1. The van der Waals surface area contributed by atoms with Gasteiger partial charge in [-0.15, -0.1) is 0 Å². The van der Waals surface area contributed by atoms with Crippen LogP contribution < -0.4 is 5.73 Å². The lowest BCUT2D eigenvalue weighted by atomic mass is 10.0. The van der Waals surface area contributed by atoms with Crippen molar-refractivity contribution in [3.8, 4) is 0 Å². The predicted molar refractivity (Wildman–Crippen MR) is 111 cm³/mol. The minimum Gasteiger partial charge on any atom is -0.380 e. The Bertz CT molecular complexity index is 829. The summed E-state index contributed by atoms with van der Waals surface area (Å²) in [6.07, 6.45) is 6.30. The van der Waals surface area contributed by atoms with Crippen molar-refractivity contribution in [1.29, 1.82) is 0 Å². The van der Waals surface area contributed by atoms with Crippen molar-refractivity contribution < 1.29 is 4.92 Å². The topological polar surface area (TPSA) is 101 Å². The first kappa shape index (κ1) is 20.7. The molecule has 3 heterocycles. The summed E-state index contributed by atoms with van der Waals surface area (Å²) in [5, 5.41) is 10.7. The number of aryl methyl sites for hydroxylation is 2. The van der Waals surface area contributed by atoms with Crippen LogP contribution in [0.5, 0.6) is 0 Å². The Hall–Kier alpha value is -3.00. The highest BCUT2D eigenvalue weighted by Crippen LogP contribution is 2.23. The predicted octanol–water partition coefficient (Wildman–Crippen LogP) is 2.59. The van der Waals surface area contributed by atoms with E-state index in [2.05, 4.69) is 40.8 Å². The van der Waals surface area contributed by atoms with Crippen LogP contribution in [0.15, 0.2) is 48.7 Å². The van der Waals surface area contributed by atoms with Gasteiger partial charge in [-0.1, -0.05) is 12.1 Å².